The van der Waals surface area contributed by atoms with E-state index in [1.54, 1.807) is 6.07 Å². The molecule has 1 aromatic heterocycles. The largest absolute Gasteiger partial charge is 0.307 e. The normalized spacial score (nSPS) is 12.6. The van der Waals surface area contributed by atoms with Gasteiger partial charge in [-0.15, -0.1) is 5.10 Å². The minimum absolute atomic E-state index is 0.0334. The number of rotatable bonds is 5. The maximum atomic E-state index is 14.0. The summed E-state index contributed by atoms with van der Waals surface area (Å²) in [5, 5.41) is 14.9. The summed E-state index contributed by atoms with van der Waals surface area (Å²) < 4.78 is 15.4. The number of hydrogen-bond acceptors (Lipinski definition) is 4. The lowest BCUT2D eigenvalue weighted by atomic mass is 10.2. The first-order chi connectivity index (χ1) is 9.15. The summed E-state index contributed by atoms with van der Waals surface area (Å²) in [6, 6.07) is 4.90. The van der Waals surface area contributed by atoms with Gasteiger partial charge >= 0.3 is 0 Å². The Morgan fingerprint density at radius 1 is 1.42 bits per heavy atom. The van der Waals surface area contributed by atoms with Crippen molar-refractivity contribution < 1.29 is 4.39 Å². The summed E-state index contributed by atoms with van der Waals surface area (Å²) >= 11 is 0. The molecule has 1 atom stereocenters. The molecule has 0 fully saturated rings. The van der Waals surface area contributed by atoms with Gasteiger partial charge in [-0.05, 0) is 48.9 Å². The molecule has 1 N–H and O–H groups in total. The third-order valence-corrected chi connectivity index (χ3v) is 2.98. The van der Waals surface area contributed by atoms with Crippen LogP contribution in [0.5, 0.6) is 0 Å². The number of para-hydroxylation sites is 1. The lowest BCUT2D eigenvalue weighted by molar-refractivity contribution is 0.524. The van der Waals surface area contributed by atoms with E-state index in [-0.39, 0.29) is 11.9 Å². The number of halogens is 1. The zero-order valence-electron chi connectivity index (χ0n) is 11.4. The molecule has 0 aliphatic rings. The Bertz CT molecular complexity index is 531. The van der Waals surface area contributed by atoms with Gasteiger partial charge < -0.3 is 5.32 Å². The Labute approximate surface area is 111 Å². The van der Waals surface area contributed by atoms with Crippen molar-refractivity contribution in [1.82, 2.24) is 25.5 Å². The van der Waals surface area contributed by atoms with Gasteiger partial charge in [-0.25, -0.2) is 4.39 Å². The molecule has 0 aliphatic heterocycles. The second-order valence-corrected chi connectivity index (χ2v) is 4.53. The number of nitrogens with one attached hydrogen (secondary N) is 1. The van der Waals surface area contributed by atoms with Crippen LogP contribution in [0.3, 0.4) is 0 Å². The predicted molar refractivity (Wildman–Crippen MR) is 70.6 cm³/mol. The van der Waals surface area contributed by atoms with Crippen LogP contribution in [0.1, 0.15) is 37.7 Å². The van der Waals surface area contributed by atoms with Crippen molar-refractivity contribution in [1.29, 1.82) is 0 Å². The van der Waals surface area contributed by atoms with E-state index in [1.165, 1.54) is 10.7 Å². The zero-order chi connectivity index (χ0) is 13.8. The van der Waals surface area contributed by atoms with Crippen molar-refractivity contribution in [3.63, 3.8) is 0 Å². The third-order valence-electron chi connectivity index (χ3n) is 2.98. The molecule has 0 aliphatic carbocycles. The van der Waals surface area contributed by atoms with Crippen LogP contribution in [0.15, 0.2) is 18.2 Å². The van der Waals surface area contributed by atoms with Crippen LogP contribution in [0.2, 0.25) is 0 Å². The second-order valence-electron chi connectivity index (χ2n) is 4.53. The maximum Gasteiger partial charge on any atom is 0.173 e. The van der Waals surface area contributed by atoms with Crippen molar-refractivity contribution in [2.24, 2.45) is 0 Å². The Hall–Kier alpha value is -1.82. The van der Waals surface area contributed by atoms with Crippen LogP contribution in [-0.2, 0) is 0 Å². The fourth-order valence-electron chi connectivity index (χ4n) is 1.97. The molecular weight excluding hydrogens is 245 g/mol. The summed E-state index contributed by atoms with van der Waals surface area (Å²) in [6.45, 7) is 6.76. The highest BCUT2D eigenvalue weighted by Crippen LogP contribution is 2.20. The predicted octanol–water partition coefficient (Wildman–Crippen LogP) is 2.17. The molecule has 1 unspecified atom stereocenters. The smallest absolute Gasteiger partial charge is 0.173 e. The van der Waals surface area contributed by atoms with Gasteiger partial charge in [-0.3, -0.25) is 0 Å². The number of hydrogen-bond donors (Lipinski definition) is 1. The highest BCUT2D eigenvalue weighted by Gasteiger charge is 2.18. The highest BCUT2D eigenvalue weighted by molar-refractivity contribution is 5.41. The molecule has 2 aromatic rings. The lowest BCUT2D eigenvalue weighted by Gasteiger charge is -2.14. The van der Waals surface area contributed by atoms with Crippen LogP contribution < -0.4 is 5.32 Å². The van der Waals surface area contributed by atoms with Gasteiger partial charge in [0, 0.05) is 0 Å². The standard InChI is InChI=1S/C13H18FN5/c1-4-8-15-10(3)13-16-17-18-19(13)12-9(2)6-5-7-11(12)14/h5-7,10,15H,4,8H2,1-3H3. The Morgan fingerprint density at radius 2 is 2.21 bits per heavy atom. The molecular formula is C13H18FN5. The Morgan fingerprint density at radius 3 is 2.89 bits per heavy atom. The third kappa shape index (κ3) is 2.78. The van der Waals surface area contributed by atoms with Gasteiger partial charge in [-0.1, -0.05) is 19.1 Å². The van der Waals surface area contributed by atoms with Crippen molar-refractivity contribution in [3.05, 3.63) is 35.4 Å². The van der Waals surface area contributed by atoms with Crippen LogP contribution in [0, 0.1) is 12.7 Å². The molecule has 6 heteroatoms. The fraction of sp³-hybridized carbons (Fsp3) is 0.462. The summed E-state index contributed by atoms with van der Waals surface area (Å²) in [6.07, 6.45) is 1.02. The van der Waals surface area contributed by atoms with Gasteiger partial charge in [-0.2, -0.15) is 4.68 Å². The van der Waals surface area contributed by atoms with E-state index in [0.717, 1.165) is 18.5 Å². The number of aromatic nitrogens is 4. The van der Waals surface area contributed by atoms with E-state index in [4.69, 9.17) is 0 Å². The van der Waals surface area contributed by atoms with Crippen molar-refractivity contribution in [2.45, 2.75) is 33.2 Å². The molecule has 102 valence electrons. The number of nitrogens with zero attached hydrogens (tertiary/aromatic N) is 4. The average molecular weight is 263 g/mol. The summed E-state index contributed by atoms with van der Waals surface area (Å²) in [7, 11) is 0. The topological polar surface area (TPSA) is 55.6 Å². The zero-order valence-corrected chi connectivity index (χ0v) is 11.4. The molecule has 0 saturated heterocycles. The SMILES string of the molecule is CCCNC(C)c1nnnn1-c1c(C)cccc1F. The van der Waals surface area contributed by atoms with E-state index >= 15 is 0 Å². The molecule has 0 amide bonds. The Kier molecular flexibility index (Phi) is 4.21. The molecule has 0 spiro atoms. The summed E-state index contributed by atoms with van der Waals surface area (Å²) in [4.78, 5) is 0. The molecule has 0 saturated carbocycles. The number of tetrazole rings is 1. The van der Waals surface area contributed by atoms with Crippen molar-refractivity contribution >= 4 is 0 Å². The first-order valence-corrected chi connectivity index (χ1v) is 6.42. The fourth-order valence-corrected chi connectivity index (χ4v) is 1.97. The first kappa shape index (κ1) is 13.6. The van der Waals surface area contributed by atoms with Crippen LogP contribution in [0.25, 0.3) is 5.69 Å². The molecule has 0 radical (unpaired) electrons. The lowest BCUT2D eigenvalue weighted by Crippen LogP contribution is -2.23. The Balaban J connectivity index is 2.39. The van der Waals surface area contributed by atoms with Gasteiger partial charge in [0.15, 0.2) is 5.82 Å². The second kappa shape index (κ2) is 5.88. The molecule has 19 heavy (non-hydrogen) atoms. The molecule has 1 aromatic carbocycles. The highest BCUT2D eigenvalue weighted by atomic mass is 19.1. The molecule has 2 rings (SSSR count). The molecule has 1 heterocycles. The van der Waals surface area contributed by atoms with Gasteiger partial charge in [0.25, 0.3) is 0 Å². The maximum absolute atomic E-state index is 14.0. The van der Waals surface area contributed by atoms with E-state index in [9.17, 15) is 4.39 Å². The van der Waals surface area contributed by atoms with E-state index in [1.807, 2.05) is 19.9 Å². The molecule has 0 bridgehead atoms. The van der Waals surface area contributed by atoms with Gasteiger partial charge in [0.05, 0.1) is 6.04 Å². The van der Waals surface area contributed by atoms with Gasteiger partial charge in [0.1, 0.15) is 11.5 Å². The van der Waals surface area contributed by atoms with Crippen LogP contribution in [0.4, 0.5) is 4.39 Å². The number of benzene rings is 1. The minimum Gasteiger partial charge on any atom is -0.307 e. The molecule has 5 nitrogen and oxygen atoms in total. The van der Waals surface area contributed by atoms with E-state index in [0.29, 0.717) is 11.5 Å². The van der Waals surface area contributed by atoms with Crippen LogP contribution in [-0.4, -0.2) is 26.8 Å². The quantitative estimate of drug-likeness (QED) is 0.898. The van der Waals surface area contributed by atoms with E-state index < -0.39 is 0 Å². The van der Waals surface area contributed by atoms with E-state index in [2.05, 4.69) is 27.8 Å². The minimum atomic E-state index is -0.323. The summed E-state index contributed by atoms with van der Waals surface area (Å²) in [5.41, 5.74) is 1.21. The number of aryl methyl sites for hydroxylation is 1. The summed E-state index contributed by atoms with van der Waals surface area (Å²) in [5.74, 6) is 0.290. The monoisotopic (exact) mass is 263 g/mol. The van der Waals surface area contributed by atoms with Crippen molar-refractivity contribution in [3.8, 4) is 5.69 Å². The average Bonchev–Trinajstić information content (AvgIpc) is 2.85. The first-order valence-electron chi connectivity index (χ1n) is 6.42. The van der Waals surface area contributed by atoms with Crippen LogP contribution >= 0.6 is 0 Å². The van der Waals surface area contributed by atoms with Crippen molar-refractivity contribution in [2.75, 3.05) is 6.54 Å². The van der Waals surface area contributed by atoms with Gasteiger partial charge in [0.2, 0.25) is 0 Å².